The summed E-state index contributed by atoms with van der Waals surface area (Å²) >= 11 is 7.12. The van der Waals surface area contributed by atoms with Gasteiger partial charge in [-0.25, -0.2) is 0 Å². The first kappa shape index (κ1) is 52.6. The summed E-state index contributed by atoms with van der Waals surface area (Å²) in [5, 5.41) is 18.2. The van der Waals surface area contributed by atoms with Gasteiger partial charge in [-0.2, -0.15) is 0 Å². The van der Waals surface area contributed by atoms with Gasteiger partial charge in [-0.15, -0.1) is 45.3 Å². The lowest BCUT2D eigenvalue weighted by Gasteiger charge is -2.33. The summed E-state index contributed by atoms with van der Waals surface area (Å²) in [6.07, 6.45) is 0. The Morgan fingerprint density at radius 1 is 0.321 bits per heavy atom. The molecule has 402 valence electrons. The van der Waals surface area contributed by atoms with Crippen molar-refractivity contribution in [3.63, 3.8) is 0 Å². The van der Waals surface area contributed by atoms with E-state index in [9.17, 15) is 0 Å². The highest BCUT2D eigenvalue weighted by Crippen LogP contribution is 2.58. The fourth-order valence-electron chi connectivity index (χ4n) is 12.0. The summed E-state index contributed by atoms with van der Waals surface area (Å²) in [6, 6.07) is 74.2. The van der Waals surface area contributed by atoms with Crippen molar-refractivity contribution in [3.05, 3.63) is 249 Å². The second kappa shape index (κ2) is 21.3. The van der Waals surface area contributed by atoms with Gasteiger partial charge in [-0.05, 0) is 219 Å². The van der Waals surface area contributed by atoms with Gasteiger partial charge in [0.05, 0.1) is 31.4 Å². The van der Waals surface area contributed by atoms with E-state index in [0.717, 1.165) is 60.2 Å². The maximum atomic E-state index is 2.58. The van der Waals surface area contributed by atoms with E-state index in [4.69, 9.17) is 0 Å². The normalized spacial score (nSPS) is 12.7. The Labute approximate surface area is 494 Å². The number of hydrogen-bond acceptors (Lipinski definition) is 8. The van der Waals surface area contributed by atoms with Crippen LogP contribution < -0.4 is 19.6 Å². The predicted molar refractivity (Wildman–Crippen MR) is 356 cm³/mol. The average molecular weight is 1130 g/mol. The lowest BCUT2D eigenvalue weighted by atomic mass is 9.81. The van der Waals surface area contributed by atoms with Gasteiger partial charge in [0.15, 0.2) is 0 Å². The lowest BCUT2D eigenvalue weighted by Crippen LogP contribution is -2.17. The Hall–Kier alpha value is -7.72. The van der Waals surface area contributed by atoms with Crippen LogP contribution in [-0.2, 0) is 5.41 Å². The molecule has 0 saturated heterocycles. The SMILES string of the molecule is Cc1ccc(N(c2ccc3c(c2)C(C)(C)c2cc4c(N(c5ccc(C(C)C)cc5)c5cccs5)c5ccc(N(c6ccc(C(C)C)cc6)c6cccs6)cc5c(N(c5ccc(C(C)C)cc5)c5cccs5)c4cc2-3)c2cccs2)cc1. The molecule has 0 unspecified atom stereocenters. The number of rotatable bonds is 15. The third-order valence-corrected chi connectivity index (χ3v) is 19.9. The summed E-state index contributed by atoms with van der Waals surface area (Å²) in [5.74, 6) is 1.23. The molecule has 1 aliphatic rings. The molecule has 0 saturated carbocycles. The molecule has 0 fully saturated rings. The maximum absolute atomic E-state index is 2.58. The first-order valence-corrected chi connectivity index (χ1v) is 31.8. The summed E-state index contributed by atoms with van der Waals surface area (Å²) in [5.41, 5.74) is 19.2. The molecule has 0 spiro atoms. The monoisotopic (exact) mass is 1130 g/mol. The molecule has 81 heavy (non-hydrogen) atoms. The number of thiophene rings is 4. The Bertz CT molecular complexity index is 4160. The van der Waals surface area contributed by atoms with Gasteiger partial charge >= 0.3 is 0 Å². The number of aryl methyl sites for hydroxylation is 1. The van der Waals surface area contributed by atoms with Crippen molar-refractivity contribution in [1.29, 1.82) is 0 Å². The van der Waals surface area contributed by atoms with Crippen molar-refractivity contribution < 1.29 is 0 Å². The average Bonchev–Trinajstić information content (AvgIpc) is 3.59. The second-order valence-corrected chi connectivity index (χ2v) is 26.7. The molecule has 0 bridgehead atoms. The number of nitrogens with zero attached hydrogens (tertiary/aromatic N) is 4. The van der Waals surface area contributed by atoms with Gasteiger partial charge in [0.1, 0.15) is 0 Å². The Morgan fingerprint density at radius 3 is 1.10 bits per heavy atom. The van der Waals surface area contributed by atoms with Crippen LogP contribution in [0.2, 0.25) is 0 Å². The number of fused-ring (bicyclic) bond motifs is 5. The van der Waals surface area contributed by atoms with Crippen LogP contribution in [0.3, 0.4) is 0 Å². The molecule has 1 aliphatic carbocycles. The van der Waals surface area contributed by atoms with E-state index in [0.29, 0.717) is 17.8 Å². The van der Waals surface area contributed by atoms with Crippen molar-refractivity contribution in [3.8, 4) is 11.1 Å². The van der Waals surface area contributed by atoms with Crippen LogP contribution in [0.25, 0.3) is 32.7 Å². The Morgan fingerprint density at radius 2 is 0.667 bits per heavy atom. The Balaban J connectivity index is 1.15. The van der Waals surface area contributed by atoms with E-state index in [1.165, 1.54) is 71.4 Å². The molecule has 4 heterocycles. The third kappa shape index (κ3) is 9.46. The van der Waals surface area contributed by atoms with Gasteiger partial charge in [0.2, 0.25) is 0 Å². The zero-order chi connectivity index (χ0) is 55.7. The molecule has 13 rings (SSSR count). The molecular weight excluding hydrogens is 1060 g/mol. The van der Waals surface area contributed by atoms with Gasteiger partial charge in [-0.3, -0.25) is 0 Å². The maximum Gasteiger partial charge on any atom is 0.0999 e. The van der Waals surface area contributed by atoms with E-state index >= 15 is 0 Å². The molecule has 0 aliphatic heterocycles. The topological polar surface area (TPSA) is 13.0 Å². The Kier molecular flexibility index (Phi) is 13.8. The molecule has 0 radical (unpaired) electrons. The summed E-state index contributed by atoms with van der Waals surface area (Å²) in [4.78, 5) is 9.98. The minimum Gasteiger partial charge on any atom is -0.302 e. The van der Waals surface area contributed by atoms with E-state index in [2.05, 4.69) is 298 Å². The predicted octanol–water partition coefficient (Wildman–Crippen LogP) is 24.1. The van der Waals surface area contributed by atoms with Crippen molar-refractivity contribution in [1.82, 2.24) is 0 Å². The van der Waals surface area contributed by atoms with Gasteiger partial charge in [0, 0.05) is 61.1 Å². The third-order valence-electron chi connectivity index (χ3n) is 16.4. The minimum atomic E-state index is -0.349. The highest BCUT2D eigenvalue weighted by Gasteiger charge is 2.39. The largest absolute Gasteiger partial charge is 0.302 e. The summed E-state index contributed by atoms with van der Waals surface area (Å²) in [7, 11) is 0. The number of hydrogen-bond donors (Lipinski definition) is 0. The minimum absolute atomic E-state index is 0.349. The molecule has 0 amide bonds. The number of benzene rings is 8. The van der Waals surface area contributed by atoms with Crippen LogP contribution in [0, 0.1) is 6.92 Å². The first-order valence-electron chi connectivity index (χ1n) is 28.3. The van der Waals surface area contributed by atoms with Crippen molar-refractivity contribution in [2.45, 2.75) is 85.5 Å². The highest BCUT2D eigenvalue weighted by atomic mass is 32.1. The molecule has 4 aromatic heterocycles. The molecule has 0 N–H and O–H groups in total. The van der Waals surface area contributed by atoms with Crippen molar-refractivity contribution >= 4 is 132 Å². The van der Waals surface area contributed by atoms with E-state index in [-0.39, 0.29) is 5.41 Å². The molecule has 8 aromatic carbocycles. The fourth-order valence-corrected chi connectivity index (χ4v) is 15.0. The highest BCUT2D eigenvalue weighted by molar-refractivity contribution is 7.15. The molecule has 0 atom stereocenters. The van der Waals surface area contributed by atoms with Gasteiger partial charge in [-0.1, -0.05) is 122 Å². The van der Waals surface area contributed by atoms with Crippen LogP contribution >= 0.6 is 45.3 Å². The lowest BCUT2D eigenvalue weighted by molar-refractivity contribution is 0.661. The van der Waals surface area contributed by atoms with Crippen LogP contribution in [0.5, 0.6) is 0 Å². The smallest absolute Gasteiger partial charge is 0.0999 e. The molecule has 8 heteroatoms. The van der Waals surface area contributed by atoms with Gasteiger partial charge < -0.3 is 19.6 Å². The fraction of sp³-hybridized carbons (Fsp3) is 0.178. The van der Waals surface area contributed by atoms with Gasteiger partial charge in [0.25, 0.3) is 0 Å². The first-order chi connectivity index (χ1) is 39.3. The zero-order valence-electron chi connectivity index (χ0n) is 47.4. The molecule has 12 aromatic rings. The van der Waals surface area contributed by atoms with Crippen molar-refractivity contribution in [2.75, 3.05) is 19.6 Å². The molecule has 4 nitrogen and oxygen atoms in total. The standard InChI is InChI=1S/C73H66N4S4/c1-46(2)50-20-28-54(29-21-50)74(67-14-10-38-78-67)57-35-37-60-62(42-57)72(77(70-17-13-41-81-70)56-32-24-52(25-33-56)48(5)6)63-44-61-59-36-34-58(75(68-15-11-39-79-68)53-26-18-49(7)19-27-53)43-65(59)73(8,9)66(61)45-64(63)71(60)76(69-16-12-40-80-69)55-30-22-51(23-31-55)47(3)4/h10-48H,1-9H3. The molecular formula is C73H66N4S4. The summed E-state index contributed by atoms with van der Waals surface area (Å²) < 4.78 is 0. The van der Waals surface area contributed by atoms with Crippen LogP contribution in [0.1, 0.15) is 107 Å². The second-order valence-electron chi connectivity index (χ2n) is 22.9. The number of anilines is 12. The van der Waals surface area contributed by atoms with Crippen molar-refractivity contribution in [2.24, 2.45) is 0 Å². The van der Waals surface area contributed by atoms with Crippen LogP contribution in [0.15, 0.2) is 216 Å². The van der Waals surface area contributed by atoms with E-state index < -0.39 is 0 Å². The summed E-state index contributed by atoms with van der Waals surface area (Å²) in [6.45, 7) is 20.7. The van der Waals surface area contributed by atoms with E-state index in [1.807, 2.05) is 0 Å². The quantitative estimate of drug-likeness (QED) is 0.0749. The zero-order valence-corrected chi connectivity index (χ0v) is 50.7. The van der Waals surface area contributed by atoms with Crippen LogP contribution in [0.4, 0.5) is 65.5 Å². The van der Waals surface area contributed by atoms with Crippen LogP contribution in [-0.4, -0.2) is 0 Å². The van der Waals surface area contributed by atoms with E-state index in [1.54, 1.807) is 45.3 Å².